The average molecular weight is 266 g/mol. The smallest absolute Gasteiger partial charge is 0.224 e. The number of hydrogen-bond donors (Lipinski definition) is 2. The molecule has 6 heteroatoms. The predicted molar refractivity (Wildman–Crippen MR) is 72.5 cm³/mol. The summed E-state index contributed by atoms with van der Waals surface area (Å²) in [7, 11) is 0. The van der Waals surface area contributed by atoms with E-state index >= 15 is 0 Å². The van der Waals surface area contributed by atoms with E-state index in [2.05, 4.69) is 20.6 Å². The summed E-state index contributed by atoms with van der Waals surface area (Å²) >= 11 is 1.62. The molecule has 2 rings (SSSR count). The van der Waals surface area contributed by atoms with Gasteiger partial charge in [0, 0.05) is 6.54 Å². The van der Waals surface area contributed by atoms with Gasteiger partial charge in [-0.15, -0.1) is 0 Å². The zero-order chi connectivity index (χ0) is 13.0. The van der Waals surface area contributed by atoms with Crippen molar-refractivity contribution in [2.45, 2.75) is 19.9 Å². The predicted octanol–water partition coefficient (Wildman–Crippen LogP) is 3.28. The third kappa shape index (κ3) is 2.95. The normalized spacial score (nSPS) is 12.2. The second-order valence-corrected chi connectivity index (χ2v) is 4.62. The highest BCUT2D eigenvalue weighted by Gasteiger charge is 2.11. The zero-order valence-electron chi connectivity index (χ0n) is 10.3. The van der Waals surface area contributed by atoms with Crippen molar-refractivity contribution in [2.75, 3.05) is 17.2 Å². The van der Waals surface area contributed by atoms with Crippen LogP contribution in [-0.2, 0) is 0 Å². The molecule has 2 aromatic heterocycles. The molecule has 0 aromatic carbocycles. The minimum Gasteiger partial charge on any atom is -0.361 e. The number of aromatic nitrogens is 2. The lowest BCUT2D eigenvalue weighted by Gasteiger charge is -2.14. The van der Waals surface area contributed by atoms with Gasteiger partial charge in [0.1, 0.15) is 0 Å². The lowest BCUT2D eigenvalue weighted by molar-refractivity contribution is 0.614. The van der Waals surface area contributed by atoms with Crippen LogP contribution in [0.2, 0.25) is 0 Å². The van der Waals surface area contributed by atoms with Crippen molar-refractivity contribution in [1.29, 1.82) is 0 Å². The molecule has 96 valence electrons. The molecule has 1 unspecified atom stereocenters. The van der Waals surface area contributed by atoms with E-state index in [0.717, 1.165) is 5.56 Å². The highest BCUT2D eigenvalue weighted by molar-refractivity contribution is 7.07. The first-order chi connectivity index (χ1) is 8.70. The summed E-state index contributed by atoms with van der Waals surface area (Å²) in [6.07, 6.45) is 1.17. The number of nitrogens with one attached hydrogen (secondary N) is 2. The molecule has 2 N–H and O–H groups in total. The van der Waals surface area contributed by atoms with Gasteiger partial charge in [-0.1, -0.05) is 0 Å². The zero-order valence-corrected chi connectivity index (χ0v) is 11.1. The van der Waals surface area contributed by atoms with E-state index < -0.39 is 5.82 Å². The van der Waals surface area contributed by atoms with Crippen molar-refractivity contribution < 1.29 is 4.39 Å². The molecule has 2 aromatic rings. The summed E-state index contributed by atoms with van der Waals surface area (Å²) in [5.41, 5.74) is 1.11. The van der Waals surface area contributed by atoms with Crippen LogP contribution in [0.3, 0.4) is 0 Å². The summed E-state index contributed by atoms with van der Waals surface area (Å²) in [6, 6.07) is 2.02. The van der Waals surface area contributed by atoms with Crippen molar-refractivity contribution in [3.63, 3.8) is 0 Å². The third-order valence-corrected chi connectivity index (χ3v) is 3.18. The first-order valence-electron chi connectivity index (χ1n) is 5.75. The van der Waals surface area contributed by atoms with Gasteiger partial charge in [0.25, 0.3) is 0 Å². The number of rotatable bonds is 5. The van der Waals surface area contributed by atoms with Crippen molar-refractivity contribution in [1.82, 2.24) is 9.97 Å². The second kappa shape index (κ2) is 5.77. The number of halogens is 1. The Morgan fingerprint density at radius 1 is 1.50 bits per heavy atom. The van der Waals surface area contributed by atoms with Crippen molar-refractivity contribution in [3.05, 3.63) is 34.4 Å². The topological polar surface area (TPSA) is 49.8 Å². The molecular formula is C12H15FN4S. The number of hydrogen-bond acceptors (Lipinski definition) is 5. The molecule has 2 heterocycles. The van der Waals surface area contributed by atoms with Gasteiger partial charge in [-0.2, -0.15) is 16.3 Å². The summed E-state index contributed by atoms with van der Waals surface area (Å²) in [6.45, 7) is 4.61. The molecule has 0 fully saturated rings. The molecule has 0 saturated heterocycles. The second-order valence-electron chi connectivity index (χ2n) is 3.84. The largest absolute Gasteiger partial charge is 0.361 e. The van der Waals surface area contributed by atoms with Crippen LogP contribution in [0.5, 0.6) is 0 Å². The quantitative estimate of drug-likeness (QED) is 0.872. The number of thiophene rings is 1. The van der Waals surface area contributed by atoms with Gasteiger partial charge in [-0.25, -0.2) is 9.37 Å². The maximum atomic E-state index is 13.6. The van der Waals surface area contributed by atoms with Gasteiger partial charge in [0.15, 0.2) is 11.6 Å². The van der Waals surface area contributed by atoms with E-state index in [4.69, 9.17) is 0 Å². The SMILES string of the molecule is CCNc1ncc(F)c(NC(C)c2ccsc2)n1. The molecule has 0 aliphatic rings. The van der Waals surface area contributed by atoms with E-state index in [-0.39, 0.29) is 11.9 Å². The standard InChI is InChI=1S/C12H15FN4S/c1-3-14-12-15-6-10(13)11(17-12)16-8(2)9-4-5-18-7-9/h4-8H,3H2,1-2H3,(H2,14,15,16,17). The van der Waals surface area contributed by atoms with Crippen LogP contribution in [-0.4, -0.2) is 16.5 Å². The molecule has 0 aliphatic heterocycles. The fraction of sp³-hybridized carbons (Fsp3) is 0.333. The highest BCUT2D eigenvalue weighted by atomic mass is 32.1. The molecule has 4 nitrogen and oxygen atoms in total. The Bertz CT molecular complexity index is 501. The van der Waals surface area contributed by atoms with Crippen molar-refractivity contribution in [3.8, 4) is 0 Å². The third-order valence-electron chi connectivity index (χ3n) is 2.48. The van der Waals surface area contributed by atoms with Crippen LogP contribution in [0.15, 0.2) is 23.0 Å². The van der Waals surface area contributed by atoms with Gasteiger partial charge in [0.2, 0.25) is 5.95 Å². The van der Waals surface area contributed by atoms with Crippen LogP contribution in [0, 0.1) is 5.82 Å². The van der Waals surface area contributed by atoms with Gasteiger partial charge in [0.05, 0.1) is 12.2 Å². The fourth-order valence-corrected chi connectivity index (χ4v) is 2.28. The summed E-state index contributed by atoms with van der Waals surface area (Å²) in [4.78, 5) is 7.97. The molecule has 0 saturated carbocycles. The lowest BCUT2D eigenvalue weighted by Crippen LogP contribution is -2.11. The summed E-state index contributed by atoms with van der Waals surface area (Å²) < 4.78 is 13.6. The molecule has 1 atom stereocenters. The lowest BCUT2D eigenvalue weighted by atomic mass is 10.2. The van der Waals surface area contributed by atoms with Crippen molar-refractivity contribution in [2.24, 2.45) is 0 Å². The van der Waals surface area contributed by atoms with Crippen LogP contribution in [0.4, 0.5) is 16.2 Å². The number of nitrogens with zero attached hydrogens (tertiary/aromatic N) is 2. The van der Waals surface area contributed by atoms with Crippen molar-refractivity contribution >= 4 is 23.1 Å². The summed E-state index contributed by atoms with van der Waals surface area (Å²) in [5.74, 6) is 0.206. The van der Waals surface area contributed by atoms with E-state index in [9.17, 15) is 4.39 Å². The van der Waals surface area contributed by atoms with Gasteiger partial charge in [-0.3, -0.25) is 0 Å². The Morgan fingerprint density at radius 2 is 2.33 bits per heavy atom. The first-order valence-corrected chi connectivity index (χ1v) is 6.70. The van der Waals surface area contributed by atoms with Crippen LogP contribution in [0.25, 0.3) is 0 Å². The molecule has 0 bridgehead atoms. The maximum Gasteiger partial charge on any atom is 0.224 e. The van der Waals surface area contributed by atoms with Gasteiger partial charge >= 0.3 is 0 Å². The van der Waals surface area contributed by atoms with E-state index in [0.29, 0.717) is 12.5 Å². The highest BCUT2D eigenvalue weighted by Crippen LogP contribution is 2.22. The van der Waals surface area contributed by atoms with Crippen LogP contribution < -0.4 is 10.6 Å². The summed E-state index contributed by atoms with van der Waals surface area (Å²) in [5, 5.41) is 10.0. The fourth-order valence-electron chi connectivity index (χ4n) is 1.52. The maximum absolute atomic E-state index is 13.6. The molecular weight excluding hydrogens is 251 g/mol. The first kappa shape index (κ1) is 12.8. The Balaban J connectivity index is 2.15. The number of anilines is 2. The van der Waals surface area contributed by atoms with Crippen LogP contribution in [0.1, 0.15) is 25.5 Å². The van der Waals surface area contributed by atoms with Gasteiger partial charge < -0.3 is 10.6 Å². The molecule has 0 spiro atoms. The minimum atomic E-state index is -0.446. The van der Waals surface area contributed by atoms with Crippen LogP contribution >= 0.6 is 11.3 Å². The Kier molecular flexibility index (Phi) is 4.09. The monoisotopic (exact) mass is 266 g/mol. The molecule has 0 radical (unpaired) electrons. The average Bonchev–Trinajstić information content (AvgIpc) is 2.87. The molecule has 18 heavy (non-hydrogen) atoms. The van der Waals surface area contributed by atoms with E-state index in [1.807, 2.05) is 30.7 Å². The van der Waals surface area contributed by atoms with E-state index in [1.54, 1.807) is 11.3 Å². The van der Waals surface area contributed by atoms with Gasteiger partial charge in [-0.05, 0) is 36.2 Å². The Labute approximate surface area is 109 Å². The Hall–Kier alpha value is -1.69. The Morgan fingerprint density at radius 3 is 3.00 bits per heavy atom. The molecule has 0 aliphatic carbocycles. The minimum absolute atomic E-state index is 0.00938. The van der Waals surface area contributed by atoms with E-state index in [1.165, 1.54) is 6.20 Å². The molecule has 0 amide bonds.